The summed E-state index contributed by atoms with van der Waals surface area (Å²) in [4.78, 5) is 28.4. The van der Waals surface area contributed by atoms with Crippen molar-refractivity contribution >= 4 is 11.9 Å². The highest BCUT2D eigenvalue weighted by Gasteiger charge is 2.47. The number of nitrogens with zero attached hydrogens (tertiary/aromatic N) is 1. The Kier molecular flexibility index (Phi) is 8.86. The van der Waals surface area contributed by atoms with E-state index in [4.69, 9.17) is 9.47 Å². The fraction of sp³-hybridized carbons (Fsp3) is 0.500. The van der Waals surface area contributed by atoms with Gasteiger partial charge in [0.25, 0.3) is 0 Å². The first kappa shape index (κ1) is 25.9. The molecule has 6 heteroatoms. The van der Waals surface area contributed by atoms with E-state index in [0.29, 0.717) is 19.4 Å². The van der Waals surface area contributed by atoms with Gasteiger partial charge in [-0.3, -0.25) is 9.69 Å². The van der Waals surface area contributed by atoms with Gasteiger partial charge in [-0.05, 0) is 50.2 Å². The van der Waals surface area contributed by atoms with Crippen molar-refractivity contribution in [3.63, 3.8) is 0 Å². The molecule has 0 spiro atoms. The Balaban J connectivity index is 1.92. The molecule has 3 rings (SSSR count). The van der Waals surface area contributed by atoms with Crippen molar-refractivity contribution in [3.8, 4) is 0 Å². The van der Waals surface area contributed by atoms with E-state index in [2.05, 4.69) is 34.5 Å². The maximum Gasteiger partial charge on any atom is 0.328 e. The van der Waals surface area contributed by atoms with Crippen LogP contribution < -0.4 is 5.32 Å². The summed E-state index contributed by atoms with van der Waals surface area (Å²) in [5.74, 6) is -0.359. The molecule has 2 aromatic carbocycles. The highest BCUT2D eigenvalue weighted by molar-refractivity contribution is 5.87. The summed E-state index contributed by atoms with van der Waals surface area (Å²) in [6.07, 6.45) is 1.85. The van der Waals surface area contributed by atoms with Crippen LogP contribution in [0.3, 0.4) is 0 Å². The Hall–Kier alpha value is -2.70. The Morgan fingerprint density at radius 1 is 1.09 bits per heavy atom. The number of benzene rings is 2. The molecule has 0 saturated carbocycles. The largest absolute Gasteiger partial charge is 0.467 e. The van der Waals surface area contributed by atoms with Crippen molar-refractivity contribution in [2.75, 3.05) is 13.7 Å². The van der Waals surface area contributed by atoms with E-state index in [1.54, 1.807) is 0 Å². The maximum absolute atomic E-state index is 13.8. The Morgan fingerprint density at radius 2 is 1.71 bits per heavy atom. The SMILES string of the molecule is COC(=O)[C@H](CC(C)C)NC(=O)[C@@H](CCc1ccccc1)N1[C@@H](c2ccccc2)COC1(C)C. The van der Waals surface area contributed by atoms with Crippen LogP contribution in [0.4, 0.5) is 0 Å². The van der Waals surface area contributed by atoms with E-state index in [1.165, 1.54) is 12.7 Å². The zero-order valence-corrected chi connectivity index (χ0v) is 21.0. The zero-order chi connectivity index (χ0) is 24.7. The van der Waals surface area contributed by atoms with E-state index in [-0.39, 0.29) is 17.9 Å². The van der Waals surface area contributed by atoms with Gasteiger partial charge in [-0.2, -0.15) is 0 Å². The van der Waals surface area contributed by atoms with E-state index < -0.39 is 23.8 Å². The fourth-order valence-electron chi connectivity index (χ4n) is 4.78. The Bertz CT molecular complexity index is 930. The van der Waals surface area contributed by atoms with Gasteiger partial charge in [0.05, 0.1) is 25.8 Å². The van der Waals surface area contributed by atoms with Gasteiger partial charge in [-0.1, -0.05) is 74.5 Å². The lowest BCUT2D eigenvalue weighted by Gasteiger charge is -2.40. The predicted molar refractivity (Wildman–Crippen MR) is 133 cm³/mol. The third-order valence-corrected chi connectivity index (χ3v) is 6.43. The molecular weight excluding hydrogens is 428 g/mol. The topological polar surface area (TPSA) is 67.9 Å². The third-order valence-electron chi connectivity index (χ3n) is 6.43. The molecule has 3 atom stereocenters. The third kappa shape index (κ3) is 6.45. The molecule has 0 bridgehead atoms. The van der Waals surface area contributed by atoms with E-state index in [9.17, 15) is 9.59 Å². The minimum absolute atomic E-state index is 0.0654. The van der Waals surface area contributed by atoms with E-state index in [1.807, 2.05) is 64.1 Å². The molecule has 1 saturated heterocycles. The van der Waals surface area contributed by atoms with Gasteiger partial charge in [0.1, 0.15) is 11.8 Å². The maximum atomic E-state index is 13.8. The molecular formula is C28H38N2O4. The normalized spacial score (nSPS) is 19.5. The monoisotopic (exact) mass is 466 g/mol. The van der Waals surface area contributed by atoms with Crippen LogP contribution in [0.25, 0.3) is 0 Å². The Labute approximate surface area is 203 Å². The second-order valence-electron chi connectivity index (χ2n) is 9.85. The first-order chi connectivity index (χ1) is 16.2. The van der Waals surface area contributed by atoms with Gasteiger partial charge >= 0.3 is 5.97 Å². The molecule has 0 radical (unpaired) electrons. The average molecular weight is 467 g/mol. The quantitative estimate of drug-likeness (QED) is 0.522. The number of hydrogen-bond acceptors (Lipinski definition) is 5. The van der Waals surface area contributed by atoms with Crippen LogP contribution in [0, 0.1) is 5.92 Å². The smallest absolute Gasteiger partial charge is 0.328 e. The van der Waals surface area contributed by atoms with Crippen molar-refractivity contribution in [3.05, 3.63) is 71.8 Å². The van der Waals surface area contributed by atoms with Gasteiger partial charge in [-0.25, -0.2) is 4.79 Å². The minimum Gasteiger partial charge on any atom is -0.467 e. The van der Waals surface area contributed by atoms with Crippen molar-refractivity contribution in [1.82, 2.24) is 10.2 Å². The van der Waals surface area contributed by atoms with Crippen molar-refractivity contribution in [1.29, 1.82) is 0 Å². The molecule has 0 unspecified atom stereocenters. The molecule has 184 valence electrons. The van der Waals surface area contributed by atoms with Crippen LogP contribution in [-0.4, -0.2) is 48.3 Å². The van der Waals surface area contributed by atoms with E-state index in [0.717, 1.165) is 12.0 Å². The van der Waals surface area contributed by atoms with Crippen molar-refractivity contribution in [2.24, 2.45) is 5.92 Å². The van der Waals surface area contributed by atoms with Gasteiger partial charge in [-0.15, -0.1) is 0 Å². The molecule has 1 fully saturated rings. The molecule has 2 aromatic rings. The molecule has 34 heavy (non-hydrogen) atoms. The number of aryl methyl sites for hydroxylation is 1. The summed E-state index contributed by atoms with van der Waals surface area (Å²) < 4.78 is 11.2. The summed E-state index contributed by atoms with van der Waals surface area (Å²) in [5, 5.41) is 3.01. The number of nitrogens with one attached hydrogen (secondary N) is 1. The lowest BCUT2D eigenvalue weighted by Crippen LogP contribution is -2.56. The molecule has 1 amide bonds. The number of esters is 1. The first-order valence-corrected chi connectivity index (χ1v) is 12.1. The highest BCUT2D eigenvalue weighted by atomic mass is 16.5. The molecule has 1 aliphatic rings. The molecule has 0 aliphatic carbocycles. The number of carbonyl (C=O) groups excluding carboxylic acids is 2. The Morgan fingerprint density at radius 3 is 2.29 bits per heavy atom. The summed E-state index contributed by atoms with van der Waals surface area (Å²) in [6.45, 7) is 8.56. The first-order valence-electron chi connectivity index (χ1n) is 12.1. The number of carbonyl (C=O) groups is 2. The predicted octanol–water partition coefficient (Wildman–Crippen LogP) is 4.50. The zero-order valence-electron chi connectivity index (χ0n) is 21.0. The summed E-state index contributed by atoms with van der Waals surface area (Å²) in [5.41, 5.74) is 1.64. The van der Waals surface area contributed by atoms with Crippen LogP contribution in [0.1, 0.15) is 57.7 Å². The standard InChI is InChI=1S/C28H38N2O4/c1-20(2)18-23(27(32)33-5)29-26(31)24(17-16-21-12-8-6-9-13-21)30-25(19-34-28(30,3)4)22-14-10-7-11-15-22/h6-15,20,23-25H,16-19H2,1-5H3,(H,29,31)/t23-,24+,25+/m0/s1. The molecule has 6 nitrogen and oxygen atoms in total. The van der Waals surface area contributed by atoms with Crippen LogP contribution >= 0.6 is 0 Å². The number of amides is 1. The van der Waals surface area contributed by atoms with Crippen LogP contribution in [0.5, 0.6) is 0 Å². The van der Waals surface area contributed by atoms with Crippen molar-refractivity contribution < 1.29 is 19.1 Å². The molecule has 1 heterocycles. The van der Waals surface area contributed by atoms with Crippen LogP contribution in [0.15, 0.2) is 60.7 Å². The van der Waals surface area contributed by atoms with Crippen LogP contribution in [-0.2, 0) is 25.5 Å². The minimum atomic E-state index is -0.682. The van der Waals surface area contributed by atoms with E-state index >= 15 is 0 Å². The van der Waals surface area contributed by atoms with Gasteiger partial charge < -0.3 is 14.8 Å². The van der Waals surface area contributed by atoms with Gasteiger partial charge in [0.15, 0.2) is 0 Å². The van der Waals surface area contributed by atoms with Crippen molar-refractivity contribution in [2.45, 2.75) is 70.8 Å². The lowest BCUT2D eigenvalue weighted by atomic mass is 9.96. The summed E-state index contributed by atoms with van der Waals surface area (Å²) in [6, 6.07) is 19.1. The van der Waals surface area contributed by atoms with Gasteiger partial charge in [0.2, 0.25) is 5.91 Å². The fourth-order valence-corrected chi connectivity index (χ4v) is 4.78. The molecule has 1 N–H and O–H groups in total. The number of rotatable bonds is 10. The van der Waals surface area contributed by atoms with Crippen LogP contribution in [0.2, 0.25) is 0 Å². The lowest BCUT2D eigenvalue weighted by molar-refractivity contribution is -0.148. The van der Waals surface area contributed by atoms with Gasteiger partial charge in [0, 0.05) is 0 Å². The number of ether oxygens (including phenoxy) is 2. The average Bonchev–Trinajstić information content (AvgIpc) is 3.14. The summed E-state index contributed by atoms with van der Waals surface area (Å²) in [7, 11) is 1.36. The number of hydrogen-bond donors (Lipinski definition) is 1. The summed E-state index contributed by atoms with van der Waals surface area (Å²) >= 11 is 0. The molecule has 1 aliphatic heterocycles. The second kappa shape index (κ2) is 11.6. The highest BCUT2D eigenvalue weighted by Crippen LogP contribution is 2.39. The number of methoxy groups -OCH3 is 1. The molecule has 0 aromatic heterocycles. The second-order valence-corrected chi connectivity index (χ2v) is 9.85.